The SMILES string of the molecule is S=c1[nH]c2cc(I)ccc2n1Cc1ccc(Br)s1. The van der Waals surface area contributed by atoms with Crippen LogP contribution in [0.4, 0.5) is 0 Å². The average molecular weight is 451 g/mol. The van der Waals surface area contributed by atoms with Crippen LogP contribution in [-0.4, -0.2) is 9.55 Å². The summed E-state index contributed by atoms with van der Waals surface area (Å²) in [6.07, 6.45) is 0. The number of rotatable bonds is 2. The molecular weight excluding hydrogens is 443 g/mol. The van der Waals surface area contributed by atoms with E-state index in [1.165, 1.54) is 8.45 Å². The van der Waals surface area contributed by atoms with E-state index in [1.807, 2.05) is 0 Å². The number of hydrogen-bond donors (Lipinski definition) is 1. The molecule has 2 nitrogen and oxygen atoms in total. The molecule has 0 aliphatic heterocycles. The van der Waals surface area contributed by atoms with Crippen molar-refractivity contribution in [2.24, 2.45) is 0 Å². The summed E-state index contributed by atoms with van der Waals surface area (Å²) in [5.41, 5.74) is 2.26. The van der Waals surface area contributed by atoms with Gasteiger partial charge in [0.25, 0.3) is 0 Å². The number of benzene rings is 1. The van der Waals surface area contributed by atoms with Crippen LogP contribution in [0, 0.1) is 8.34 Å². The van der Waals surface area contributed by atoms with E-state index in [1.54, 1.807) is 11.3 Å². The molecule has 92 valence electrons. The van der Waals surface area contributed by atoms with Gasteiger partial charge in [-0.3, -0.25) is 0 Å². The lowest BCUT2D eigenvalue weighted by Gasteiger charge is -2.02. The number of fused-ring (bicyclic) bond motifs is 1. The average Bonchev–Trinajstić information content (AvgIpc) is 2.84. The first-order chi connectivity index (χ1) is 8.63. The second-order valence-electron chi connectivity index (χ2n) is 3.88. The van der Waals surface area contributed by atoms with E-state index in [9.17, 15) is 0 Å². The highest BCUT2D eigenvalue weighted by molar-refractivity contribution is 14.1. The second-order valence-corrected chi connectivity index (χ2v) is 8.06. The normalized spacial score (nSPS) is 11.2. The Balaban J connectivity index is 2.11. The van der Waals surface area contributed by atoms with E-state index < -0.39 is 0 Å². The lowest BCUT2D eigenvalue weighted by Crippen LogP contribution is -1.97. The van der Waals surface area contributed by atoms with Gasteiger partial charge in [0.05, 0.1) is 21.4 Å². The van der Waals surface area contributed by atoms with Gasteiger partial charge in [0.15, 0.2) is 4.77 Å². The molecule has 0 saturated heterocycles. The Morgan fingerprint density at radius 1 is 1.33 bits per heavy atom. The number of H-pyrrole nitrogens is 1. The summed E-state index contributed by atoms with van der Waals surface area (Å²) in [5.74, 6) is 0. The van der Waals surface area contributed by atoms with Gasteiger partial charge in [-0.05, 0) is 81.1 Å². The van der Waals surface area contributed by atoms with Crippen LogP contribution in [0.1, 0.15) is 4.88 Å². The van der Waals surface area contributed by atoms with Gasteiger partial charge < -0.3 is 9.55 Å². The van der Waals surface area contributed by atoms with Crippen LogP contribution in [0.15, 0.2) is 34.1 Å². The number of halogens is 2. The number of aromatic nitrogens is 2. The number of thiophene rings is 1. The summed E-state index contributed by atoms with van der Waals surface area (Å²) in [4.78, 5) is 4.55. The highest BCUT2D eigenvalue weighted by atomic mass is 127. The lowest BCUT2D eigenvalue weighted by molar-refractivity contribution is 0.823. The Morgan fingerprint density at radius 2 is 2.17 bits per heavy atom. The Kier molecular flexibility index (Phi) is 3.61. The van der Waals surface area contributed by atoms with Crippen LogP contribution in [-0.2, 0) is 6.54 Å². The number of nitrogens with one attached hydrogen (secondary N) is 1. The second kappa shape index (κ2) is 5.07. The zero-order valence-electron chi connectivity index (χ0n) is 9.11. The topological polar surface area (TPSA) is 20.7 Å². The monoisotopic (exact) mass is 450 g/mol. The van der Waals surface area contributed by atoms with E-state index in [-0.39, 0.29) is 0 Å². The number of hydrogen-bond acceptors (Lipinski definition) is 2. The van der Waals surface area contributed by atoms with Crippen molar-refractivity contribution in [3.63, 3.8) is 0 Å². The van der Waals surface area contributed by atoms with Crippen molar-refractivity contribution >= 4 is 73.1 Å². The van der Waals surface area contributed by atoms with Crippen molar-refractivity contribution < 1.29 is 0 Å². The number of nitrogens with zero attached hydrogens (tertiary/aromatic N) is 1. The van der Waals surface area contributed by atoms with Crippen LogP contribution >= 0.6 is 62.1 Å². The minimum absolute atomic E-state index is 0.775. The van der Waals surface area contributed by atoms with Crippen LogP contribution in [0.3, 0.4) is 0 Å². The minimum Gasteiger partial charge on any atom is -0.331 e. The van der Waals surface area contributed by atoms with Gasteiger partial charge in [0.2, 0.25) is 0 Å². The Hall–Kier alpha value is -0.180. The van der Waals surface area contributed by atoms with Gasteiger partial charge >= 0.3 is 0 Å². The minimum atomic E-state index is 0.775. The third-order valence-electron chi connectivity index (χ3n) is 2.68. The molecule has 0 unspecified atom stereocenters. The molecule has 1 N–H and O–H groups in total. The molecular formula is C12H8BrIN2S2. The molecule has 0 bridgehead atoms. The molecule has 0 spiro atoms. The van der Waals surface area contributed by atoms with E-state index in [2.05, 4.69) is 78.4 Å². The van der Waals surface area contributed by atoms with Gasteiger partial charge in [-0.15, -0.1) is 11.3 Å². The smallest absolute Gasteiger partial charge is 0.178 e. The summed E-state index contributed by atoms with van der Waals surface area (Å²) >= 11 is 12.9. The molecule has 0 aliphatic carbocycles. The summed E-state index contributed by atoms with van der Waals surface area (Å²) in [6.45, 7) is 0.815. The molecule has 3 rings (SSSR count). The zero-order chi connectivity index (χ0) is 12.7. The van der Waals surface area contributed by atoms with Crippen LogP contribution < -0.4 is 0 Å². The molecule has 0 atom stereocenters. The summed E-state index contributed by atoms with van der Waals surface area (Å²) in [6, 6.07) is 10.5. The zero-order valence-corrected chi connectivity index (χ0v) is 14.5. The van der Waals surface area contributed by atoms with E-state index in [4.69, 9.17) is 12.2 Å². The fourth-order valence-corrected chi connectivity index (χ4v) is 4.12. The van der Waals surface area contributed by atoms with Gasteiger partial charge in [-0.25, -0.2) is 0 Å². The molecule has 3 aromatic rings. The van der Waals surface area contributed by atoms with Crippen molar-refractivity contribution in [1.82, 2.24) is 9.55 Å². The van der Waals surface area contributed by atoms with Crippen molar-refractivity contribution in [2.45, 2.75) is 6.54 Å². The van der Waals surface area contributed by atoms with Gasteiger partial charge in [0, 0.05) is 8.45 Å². The summed E-state index contributed by atoms with van der Waals surface area (Å²) in [5, 5.41) is 0. The molecule has 0 amide bonds. The van der Waals surface area contributed by atoms with Gasteiger partial charge in [-0.2, -0.15) is 0 Å². The first-order valence-corrected chi connectivity index (χ1v) is 8.35. The maximum Gasteiger partial charge on any atom is 0.178 e. The maximum atomic E-state index is 5.40. The molecule has 0 fully saturated rings. The Labute approximate surface area is 135 Å². The number of imidazole rings is 1. The molecule has 2 heterocycles. The molecule has 0 radical (unpaired) electrons. The summed E-state index contributed by atoms with van der Waals surface area (Å²) < 4.78 is 5.27. The van der Waals surface area contributed by atoms with Gasteiger partial charge in [0.1, 0.15) is 0 Å². The van der Waals surface area contributed by atoms with Crippen LogP contribution in [0.5, 0.6) is 0 Å². The number of aromatic amines is 1. The Morgan fingerprint density at radius 3 is 2.89 bits per heavy atom. The van der Waals surface area contributed by atoms with E-state index in [0.717, 1.165) is 26.1 Å². The summed E-state index contributed by atoms with van der Waals surface area (Å²) in [7, 11) is 0. The molecule has 0 saturated carbocycles. The predicted octanol–water partition coefficient (Wildman–Crippen LogP) is 5.18. The van der Waals surface area contributed by atoms with Crippen molar-refractivity contribution in [3.05, 3.63) is 47.3 Å². The quantitative estimate of drug-likeness (QED) is 0.421. The molecule has 1 aromatic carbocycles. The molecule has 18 heavy (non-hydrogen) atoms. The molecule has 0 aliphatic rings. The molecule has 2 aromatic heterocycles. The predicted molar refractivity (Wildman–Crippen MR) is 91.0 cm³/mol. The molecule has 6 heteroatoms. The van der Waals surface area contributed by atoms with E-state index >= 15 is 0 Å². The maximum absolute atomic E-state index is 5.40. The van der Waals surface area contributed by atoms with Crippen LogP contribution in [0.2, 0.25) is 0 Å². The third kappa shape index (κ3) is 2.43. The van der Waals surface area contributed by atoms with E-state index in [0.29, 0.717) is 0 Å². The highest BCUT2D eigenvalue weighted by Crippen LogP contribution is 2.25. The van der Waals surface area contributed by atoms with Crippen LogP contribution in [0.25, 0.3) is 11.0 Å². The van der Waals surface area contributed by atoms with Crippen molar-refractivity contribution in [3.8, 4) is 0 Å². The van der Waals surface area contributed by atoms with Crippen molar-refractivity contribution in [2.75, 3.05) is 0 Å². The first-order valence-electron chi connectivity index (χ1n) is 5.26. The highest BCUT2D eigenvalue weighted by Gasteiger charge is 2.06. The Bertz CT molecular complexity index is 772. The van der Waals surface area contributed by atoms with Crippen molar-refractivity contribution in [1.29, 1.82) is 0 Å². The fraction of sp³-hybridized carbons (Fsp3) is 0.0833. The largest absolute Gasteiger partial charge is 0.331 e. The first kappa shape index (κ1) is 12.8. The third-order valence-corrected chi connectivity index (χ3v) is 5.28. The fourth-order valence-electron chi connectivity index (χ4n) is 1.89. The lowest BCUT2D eigenvalue weighted by atomic mass is 10.3. The van der Waals surface area contributed by atoms with Gasteiger partial charge in [-0.1, -0.05) is 0 Å². The standard InChI is InChI=1S/C12H8BrIN2S2/c13-11-4-2-8(18-11)6-16-10-3-1-7(14)5-9(10)15-12(16)17/h1-5H,6H2,(H,15,17).